The van der Waals surface area contributed by atoms with E-state index in [4.69, 9.17) is 0 Å². The van der Waals surface area contributed by atoms with Crippen LogP contribution in [0.5, 0.6) is 0 Å². The lowest BCUT2D eigenvalue weighted by atomic mass is 10.1. The molecule has 2 rings (SSSR count). The van der Waals surface area contributed by atoms with Gasteiger partial charge in [-0.05, 0) is 12.0 Å². The van der Waals surface area contributed by atoms with Gasteiger partial charge in [-0.3, -0.25) is 9.79 Å². The molecule has 0 aliphatic carbocycles. The summed E-state index contributed by atoms with van der Waals surface area (Å²) in [7, 11) is 1.78. The van der Waals surface area contributed by atoms with Gasteiger partial charge in [0.2, 0.25) is 5.91 Å². The summed E-state index contributed by atoms with van der Waals surface area (Å²) in [6, 6.07) is 10.3. The fourth-order valence-corrected chi connectivity index (χ4v) is 3.57. The summed E-state index contributed by atoms with van der Waals surface area (Å²) in [4.78, 5) is 18.5. The first-order valence-corrected chi connectivity index (χ1v) is 10.3. The van der Waals surface area contributed by atoms with Gasteiger partial charge in [0.25, 0.3) is 0 Å². The Morgan fingerprint density at radius 1 is 1.37 bits per heavy atom. The number of rotatable bonds is 10. The van der Waals surface area contributed by atoms with E-state index in [0.717, 1.165) is 50.1 Å². The molecule has 7 heteroatoms. The van der Waals surface area contributed by atoms with Crippen LogP contribution >= 0.6 is 35.7 Å². The third-order valence-electron chi connectivity index (χ3n) is 4.36. The molecule has 1 aromatic carbocycles. The molecule has 1 aliphatic rings. The molecular weight excluding hydrogens is 471 g/mol. The maximum atomic E-state index is 12.2. The Labute approximate surface area is 184 Å². The van der Waals surface area contributed by atoms with Crippen molar-refractivity contribution in [2.45, 2.75) is 12.8 Å². The third-order valence-corrected chi connectivity index (χ3v) is 5.33. The number of hydrogen-bond donors (Lipinski definition) is 2. The van der Waals surface area contributed by atoms with E-state index in [-0.39, 0.29) is 29.9 Å². The maximum absolute atomic E-state index is 12.2. The molecule has 1 amide bonds. The van der Waals surface area contributed by atoms with Gasteiger partial charge in [-0.15, -0.1) is 30.6 Å². The van der Waals surface area contributed by atoms with E-state index in [1.165, 1.54) is 5.56 Å². The number of carbonyl (C=O) groups is 1. The number of halogens is 1. The van der Waals surface area contributed by atoms with Crippen molar-refractivity contribution in [1.82, 2.24) is 15.5 Å². The van der Waals surface area contributed by atoms with Crippen molar-refractivity contribution in [3.05, 3.63) is 48.6 Å². The molecule has 0 aromatic heterocycles. The van der Waals surface area contributed by atoms with Crippen LogP contribution in [-0.2, 0) is 11.2 Å². The molecule has 1 saturated heterocycles. The Morgan fingerprint density at radius 3 is 2.85 bits per heavy atom. The number of nitrogens with one attached hydrogen (secondary N) is 2. The van der Waals surface area contributed by atoms with E-state index >= 15 is 0 Å². The number of likely N-dealkylation sites (tertiary alicyclic amines) is 1. The summed E-state index contributed by atoms with van der Waals surface area (Å²) in [5.41, 5.74) is 1.28. The summed E-state index contributed by atoms with van der Waals surface area (Å²) >= 11 is 1.84. The average molecular weight is 502 g/mol. The largest absolute Gasteiger partial charge is 0.356 e. The van der Waals surface area contributed by atoms with Crippen molar-refractivity contribution in [3.63, 3.8) is 0 Å². The van der Waals surface area contributed by atoms with Crippen LogP contribution in [0.3, 0.4) is 0 Å². The topological polar surface area (TPSA) is 56.7 Å². The molecular formula is C20H31IN4OS. The van der Waals surface area contributed by atoms with E-state index in [1.807, 2.05) is 40.9 Å². The van der Waals surface area contributed by atoms with Crippen molar-refractivity contribution >= 4 is 47.6 Å². The van der Waals surface area contributed by atoms with Gasteiger partial charge in [-0.2, -0.15) is 11.8 Å². The number of amides is 1. The average Bonchev–Trinajstić information content (AvgIpc) is 3.03. The van der Waals surface area contributed by atoms with Crippen molar-refractivity contribution < 1.29 is 4.79 Å². The van der Waals surface area contributed by atoms with E-state index in [0.29, 0.717) is 12.3 Å². The summed E-state index contributed by atoms with van der Waals surface area (Å²) in [5.74, 6) is 3.39. The number of hydrogen-bond acceptors (Lipinski definition) is 3. The third kappa shape index (κ3) is 9.01. The predicted octanol–water partition coefficient (Wildman–Crippen LogP) is 2.78. The lowest BCUT2D eigenvalue weighted by molar-refractivity contribution is -0.127. The minimum Gasteiger partial charge on any atom is -0.356 e. The highest BCUT2D eigenvalue weighted by Crippen LogP contribution is 2.17. The minimum absolute atomic E-state index is 0. The molecule has 1 unspecified atom stereocenters. The summed E-state index contributed by atoms with van der Waals surface area (Å²) in [5, 5.41) is 6.65. The summed E-state index contributed by atoms with van der Waals surface area (Å²) in [6.07, 6.45) is 3.45. The van der Waals surface area contributed by atoms with Crippen LogP contribution in [0.1, 0.15) is 12.0 Å². The molecule has 0 radical (unpaired) electrons. The maximum Gasteiger partial charge on any atom is 0.223 e. The van der Waals surface area contributed by atoms with Crippen molar-refractivity contribution in [1.29, 1.82) is 0 Å². The Morgan fingerprint density at radius 2 is 2.15 bits per heavy atom. The van der Waals surface area contributed by atoms with Crippen LogP contribution < -0.4 is 10.6 Å². The predicted molar refractivity (Wildman–Crippen MR) is 127 cm³/mol. The van der Waals surface area contributed by atoms with Crippen molar-refractivity contribution in [2.24, 2.45) is 10.9 Å². The standard InChI is InChI=1S/C20H30N4OS.HI/c1-3-12-26-13-10-22-20(21-2)23-15-18-14-19(25)24(16-18)11-9-17-7-5-4-6-8-17;/h3-8,18H,1,9-16H2,2H3,(H2,21,22,23);1H. The zero-order chi connectivity index (χ0) is 18.6. The van der Waals surface area contributed by atoms with Crippen LogP contribution in [0.25, 0.3) is 0 Å². The molecule has 5 nitrogen and oxygen atoms in total. The summed E-state index contributed by atoms with van der Waals surface area (Å²) < 4.78 is 0. The van der Waals surface area contributed by atoms with Gasteiger partial charge >= 0.3 is 0 Å². The Hall–Kier alpha value is -1.22. The molecule has 2 N–H and O–H groups in total. The number of benzene rings is 1. The molecule has 0 spiro atoms. The number of aliphatic imine (C=N–C) groups is 1. The van der Waals surface area contributed by atoms with Gasteiger partial charge in [0.05, 0.1) is 0 Å². The second-order valence-corrected chi connectivity index (χ2v) is 7.54. The highest BCUT2D eigenvalue weighted by molar-refractivity contribution is 14.0. The monoisotopic (exact) mass is 502 g/mol. The van der Waals surface area contributed by atoms with E-state index in [1.54, 1.807) is 7.05 Å². The number of carbonyl (C=O) groups excluding carboxylic acids is 1. The molecule has 1 atom stereocenters. The lowest BCUT2D eigenvalue weighted by Gasteiger charge is -2.18. The van der Waals surface area contributed by atoms with Crippen molar-refractivity contribution in [2.75, 3.05) is 44.7 Å². The molecule has 150 valence electrons. The van der Waals surface area contributed by atoms with Crippen LogP contribution in [-0.4, -0.2) is 61.5 Å². The summed E-state index contributed by atoms with van der Waals surface area (Å²) in [6.45, 7) is 6.98. The fraction of sp³-hybridized carbons (Fsp3) is 0.500. The van der Waals surface area contributed by atoms with Crippen LogP contribution in [0.2, 0.25) is 0 Å². The van der Waals surface area contributed by atoms with Crippen LogP contribution in [0, 0.1) is 5.92 Å². The molecule has 1 aromatic rings. The SMILES string of the molecule is C=CCSCCNC(=NC)NCC1CC(=O)N(CCc2ccccc2)C1.I. The number of nitrogens with zero attached hydrogens (tertiary/aromatic N) is 2. The first-order valence-electron chi connectivity index (χ1n) is 9.17. The smallest absolute Gasteiger partial charge is 0.223 e. The second kappa shape index (κ2) is 13.9. The van der Waals surface area contributed by atoms with Crippen LogP contribution in [0.15, 0.2) is 48.0 Å². The van der Waals surface area contributed by atoms with Gasteiger partial charge in [-0.1, -0.05) is 36.4 Å². The first kappa shape index (κ1) is 23.8. The molecule has 27 heavy (non-hydrogen) atoms. The van der Waals surface area contributed by atoms with E-state index in [9.17, 15) is 4.79 Å². The first-order chi connectivity index (χ1) is 12.7. The van der Waals surface area contributed by atoms with Gasteiger partial charge in [-0.25, -0.2) is 0 Å². The quantitative estimate of drug-likeness (QED) is 0.170. The fourth-order valence-electron chi connectivity index (χ4n) is 2.99. The van der Waals surface area contributed by atoms with E-state index < -0.39 is 0 Å². The number of guanidine groups is 1. The number of thioether (sulfide) groups is 1. The van der Waals surface area contributed by atoms with Gasteiger partial charge in [0.15, 0.2) is 5.96 Å². The van der Waals surface area contributed by atoms with Crippen molar-refractivity contribution in [3.8, 4) is 0 Å². The van der Waals surface area contributed by atoms with E-state index in [2.05, 4.69) is 34.3 Å². The molecule has 1 aliphatic heterocycles. The van der Waals surface area contributed by atoms with Crippen LogP contribution in [0.4, 0.5) is 0 Å². The lowest BCUT2D eigenvalue weighted by Crippen LogP contribution is -2.41. The molecule has 0 saturated carbocycles. The zero-order valence-corrected chi connectivity index (χ0v) is 19.2. The minimum atomic E-state index is 0. The van der Waals surface area contributed by atoms with Gasteiger partial charge < -0.3 is 15.5 Å². The highest BCUT2D eigenvalue weighted by Gasteiger charge is 2.29. The Bertz CT molecular complexity index is 597. The normalized spacial score (nSPS) is 16.8. The molecule has 1 heterocycles. The Kier molecular flexibility index (Phi) is 12.2. The molecule has 0 bridgehead atoms. The second-order valence-electron chi connectivity index (χ2n) is 6.39. The highest BCUT2D eigenvalue weighted by atomic mass is 127. The molecule has 1 fully saturated rings. The Balaban J connectivity index is 0.00000364. The van der Waals surface area contributed by atoms with Gasteiger partial charge in [0, 0.05) is 57.1 Å². The zero-order valence-electron chi connectivity index (χ0n) is 16.0. The van der Waals surface area contributed by atoms with Gasteiger partial charge in [0.1, 0.15) is 0 Å².